The summed E-state index contributed by atoms with van der Waals surface area (Å²) in [5.74, 6) is 2.71. The summed E-state index contributed by atoms with van der Waals surface area (Å²) < 4.78 is 28.7. The van der Waals surface area contributed by atoms with E-state index in [1.54, 1.807) is 17.1 Å². The summed E-state index contributed by atoms with van der Waals surface area (Å²) in [6, 6.07) is 3.84. The fraction of sp³-hybridized carbons (Fsp3) is 0.741. The number of Topliss-reactive ketones (excluding diaryl/α,β-unsaturated/α-hetero) is 1. The van der Waals surface area contributed by atoms with E-state index in [1.807, 2.05) is 12.1 Å². The topological polar surface area (TPSA) is 68.0 Å². The van der Waals surface area contributed by atoms with Crippen molar-refractivity contribution in [3.63, 3.8) is 0 Å². The molecule has 4 aliphatic rings. The third-order valence-corrected chi connectivity index (χ3v) is 10.6. The van der Waals surface area contributed by atoms with E-state index in [0.717, 1.165) is 56.0 Å². The van der Waals surface area contributed by atoms with Gasteiger partial charge < -0.3 is 5.11 Å². The molecule has 184 valence electrons. The molecule has 0 aromatic carbocycles. The molecule has 4 fully saturated rings. The zero-order valence-corrected chi connectivity index (χ0v) is 19.9. The van der Waals surface area contributed by atoms with E-state index in [4.69, 9.17) is 0 Å². The Balaban J connectivity index is 1.18. The lowest BCUT2D eigenvalue weighted by atomic mass is 9.49. The zero-order chi connectivity index (χ0) is 23.7. The van der Waals surface area contributed by atoms with Gasteiger partial charge in [0.2, 0.25) is 0 Å². The molecule has 0 bridgehead atoms. The van der Waals surface area contributed by atoms with Gasteiger partial charge in [-0.15, -0.1) is 0 Å². The first-order valence-electron chi connectivity index (χ1n) is 13.1. The molecule has 1 N–H and O–H groups in total. The molecule has 0 unspecified atom stereocenters. The van der Waals surface area contributed by atoms with Crippen LogP contribution in [0.1, 0.15) is 64.7 Å². The normalized spacial score (nSPS) is 41.8. The number of aliphatic hydroxyl groups is 1. The van der Waals surface area contributed by atoms with Crippen LogP contribution < -0.4 is 0 Å². The van der Waals surface area contributed by atoms with Crippen molar-refractivity contribution in [1.82, 2.24) is 14.8 Å². The third-order valence-electron chi connectivity index (χ3n) is 10.6. The molecule has 6 rings (SSSR count). The number of carbonyl (C=O) groups excluding carboxylic acids is 1. The largest absolute Gasteiger partial charge is 0.384 e. The molecule has 4 saturated carbocycles. The molecule has 4 aliphatic carbocycles. The second kappa shape index (κ2) is 8.07. The highest BCUT2D eigenvalue weighted by Gasteiger charge is 2.59. The van der Waals surface area contributed by atoms with Crippen molar-refractivity contribution in [2.45, 2.75) is 83.3 Å². The minimum absolute atomic E-state index is 0.0185. The molecular weight excluding hydrogens is 436 g/mol. The van der Waals surface area contributed by atoms with Gasteiger partial charge in [-0.3, -0.25) is 14.5 Å². The Morgan fingerprint density at radius 2 is 1.97 bits per heavy atom. The van der Waals surface area contributed by atoms with E-state index in [2.05, 4.69) is 17.0 Å². The average molecular weight is 472 g/mol. The SMILES string of the molecule is C[C@]12CC[C@H]3[C@@H](CC[C@@H]4C[C@@](O)(C(F)F)CC[C@@H]43)[C@@H]1CC[C@H]2C(=O)Cn1ncc2ncccc21. The van der Waals surface area contributed by atoms with Crippen LogP contribution in [0.5, 0.6) is 0 Å². The molecule has 2 aromatic rings. The van der Waals surface area contributed by atoms with Gasteiger partial charge in [0.1, 0.15) is 17.7 Å². The van der Waals surface area contributed by atoms with Gasteiger partial charge in [-0.05, 0) is 105 Å². The van der Waals surface area contributed by atoms with Crippen molar-refractivity contribution < 1.29 is 18.7 Å². The standard InChI is InChI=1S/C27H35F2N3O2/c1-26-10-8-18-17-9-11-27(34,25(28)29)13-16(17)4-5-19(18)20(26)6-7-21(26)24(33)15-32-23-3-2-12-30-22(23)14-31-32/h2-3,12,14,16-21,25,34H,4-11,13,15H2,1H3/t16-,17+,18-,19-,20+,21+,26+,27-/m1/s1. The molecule has 8 atom stereocenters. The summed E-state index contributed by atoms with van der Waals surface area (Å²) in [5.41, 5.74) is -0.0493. The summed E-state index contributed by atoms with van der Waals surface area (Å²) in [6.45, 7) is 2.64. The first kappa shape index (κ1) is 22.6. The molecule has 0 aliphatic heterocycles. The van der Waals surface area contributed by atoms with E-state index in [0.29, 0.717) is 30.2 Å². The van der Waals surface area contributed by atoms with Crippen molar-refractivity contribution in [3.8, 4) is 0 Å². The highest BCUT2D eigenvalue weighted by atomic mass is 19.3. The van der Waals surface area contributed by atoms with E-state index >= 15 is 0 Å². The fourth-order valence-electron chi connectivity index (χ4n) is 8.93. The lowest BCUT2D eigenvalue weighted by Gasteiger charge is -2.57. The molecule has 7 heteroatoms. The molecule has 2 heterocycles. The van der Waals surface area contributed by atoms with Gasteiger partial charge in [0.15, 0.2) is 5.78 Å². The highest BCUT2D eigenvalue weighted by molar-refractivity contribution is 5.84. The Kier molecular flexibility index (Phi) is 5.36. The second-order valence-corrected chi connectivity index (χ2v) is 11.9. The van der Waals surface area contributed by atoms with E-state index in [-0.39, 0.29) is 35.9 Å². The highest BCUT2D eigenvalue weighted by Crippen LogP contribution is 2.65. The molecule has 0 amide bonds. The minimum atomic E-state index is -2.65. The first-order chi connectivity index (χ1) is 16.3. The van der Waals surface area contributed by atoms with Gasteiger partial charge in [-0.2, -0.15) is 5.10 Å². The number of hydrogen-bond acceptors (Lipinski definition) is 4. The van der Waals surface area contributed by atoms with Crippen LogP contribution in [-0.4, -0.2) is 37.7 Å². The number of halogens is 2. The first-order valence-corrected chi connectivity index (χ1v) is 13.1. The summed E-state index contributed by atoms with van der Waals surface area (Å²) in [5, 5.41) is 14.9. The predicted octanol–water partition coefficient (Wildman–Crippen LogP) is 5.27. The Morgan fingerprint density at radius 1 is 1.15 bits per heavy atom. The molecule has 5 nitrogen and oxygen atoms in total. The van der Waals surface area contributed by atoms with Crippen molar-refractivity contribution >= 4 is 16.8 Å². The Hall–Kier alpha value is -1.89. The number of aromatic nitrogens is 3. The maximum Gasteiger partial charge on any atom is 0.266 e. The number of alkyl halides is 2. The van der Waals surface area contributed by atoms with Crippen LogP contribution >= 0.6 is 0 Å². The molecule has 2 aromatic heterocycles. The third kappa shape index (κ3) is 3.36. The van der Waals surface area contributed by atoms with Crippen molar-refractivity contribution in [1.29, 1.82) is 0 Å². The van der Waals surface area contributed by atoms with E-state index in [1.165, 1.54) is 0 Å². The van der Waals surface area contributed by atoms with Crippen LogP contribution in [0.25, 0.3) is 11.0 Å². The summed E-state index contributed by atoms with van der Waals surface area (Å²) in [7, 11) is 0. The summed E-state index contributed by atoms with van der Waals surface area (Å²) >= 11 is 0. The number of pyridine rings is 1. The van der Waals surface area contributed by atoms with Crippen LogP contribution in [0.15, 0.2) is 24.5 Å². The second-order valence-electron chi connectivity index (χ2n) is 11.9. The monoisotopic (exact) mass is 471 g/mol. The Bertz CT molecular complexity index is 1090. The number of ketones is 1. The van der Waals surface area contributed by atoms with Crippen molar-refractivity contribution in [3.05, 3.63) is 24.5 Å². The van der Waals surface area contributed by atoms with Gasteiger partial charge >= 0.3 is 0 Å². The number of hydrogen-bond donors (Lipinski definition) is 1. The average Bonchev–Trinajstić information content (AvgIpc) is 3.39. The van der Waals surface area contributed by atoms with E-state index in [9.17, 15) is 18.7 Å². The zero-order valence-electron chi connectivity index (χ0n) is 19.9. The molecule has 34 heavy (non-hydrogen) atoms. The van der Waals surface area contributed by atoms with Crippen LogP contribution in [0.2, 0.25) is 0 Å². The quantitative estimate of drug-likeness (QED) is 0.660. The van der Waals surface area contributed by atoms with Crippen LogP contribution in [0, 0.1) is 40.9 Å². The Labute approximate surface area is 199 Å². The summed E-state index contributed by atoms with van der Waals surface area (Å²) in [6.07, 6.45) is 8.19. The maximum absolute atomic E-state index is 13.6. The molecule has 0 radical (unpaired) electrons. The molecule has 0 spiro atoms. The number of nitrogens with zero attached hydrogens (tertiary/aromatic N) is 3. The number of fused-ring (bicyclic) bond motifs is 6. The van der Waals surface area contributed by atoms with Crippen molar-refractivity contribution in [2.24, 2.45) is 40.9 Å². The van der Waals surface area contributed by atoms with Crippen LogP contribution in [-0.2, 0) is 11.3 Å². The maximum atomic E-state index is 13.6. The lowest BCUT2D eigenvalue weighted by molar-refractivity contribution is -0.160. The van der Waals surface area contributed by atoms with Gasteiger partial charge in [-0.1, -0.05) is 6.92 Å². The summed E-state index contributed by atoms with van der Waals surface area (Å²) in [4.78, 5) is 17.9. The Morgan fingerprint density at radius 3 is 2.79 bits per heavy atom. The van der Waals surface area contributed by atoms with Gasteiger partial charge in [0, 0.05) is 12.1 Å². The smallest absolute Gasteiger partial charge is 0.266 e. The predicted molar refractivity (Wildman–Crippen MR) is 124 cm³/mol. The van der Waals surface area contributed by atoms with Crippen molar-refractivity contribution in [2.75, 3.05) is 0 Å². The number of rotatable bonds is 4. The molecular formula is C27H35F2N3O2. The lowest BCUT2D eigenvalue weighted by Crippen LogP contribution is -2.53. The fourth-order valence-corrected chi connectivity index (χ4v) is 8.93. The van der Waals surface area contributed by atoms with Crippen LogP contribution in [0.4, 0.5) is 8.78 Å². The van der Waals surface area contributed by atoms with Gasteiger partial charge in [0.25, 0.3) is 6.43 Å². The van der Waals surface area contributed by atoms with Crippen LogP contribution in [0.3, 0.4) is 0 Å². The van der Waals surface area contributed by atoms with E-state index < -0.39 is 12.0 Å². The van der Waals surface area contributed by atoms with Gasteiger partial charge in [0.05, 0.1) is 11.7 Å². The number of carbonyl (C=O) groups is 1. The van der Waals surface area contributed by atoms with Gasteiger partial charge in [-0.25, -0.2) is 8.78 Å². The minimum Gasteiger partial charge on any atom is -0.384 e. The molecule has 0 saturated heterocycles.